The van der Waals surface area contributed by atoms with Gasteiger partial charge in [0, 0.05) is 0 Å². The second-order valence-electron chi connectivity index (χ2n) is 3.60. The topological polar surface area (TPSA) is 51.6 Å². The fraction of sp³-hybridized carbons (Fsp3) is 0. The second kappa shape index (κ2) is 5.01. The highest BCUT2D eigenvalue weighted by Crippen LogP contribution is 2.25. The summed E-state index contributed by atoms with van der Waals surface area (Å²) >= 11 is 0. The van der Waals surface area contributed by atoms with Crippen LogP contribution in [0.3, 0.4) is 0 Å². The minimum Gasteiger partial charge on any atom is -0.284 e. The van der Waals surface area contributed by atoms with E-state index in [1.807, 2.05) is 6.07 Å². The number of hydrogen-bond donors (Lipinski definition) is 1. The SMILES string of the molecule is [C-]#[N+]c1ccc(N(O)c2ccc(C#N)cc2)cc1. The van der Waals surface area contributed by atoms with Gasteiger partial charge in [-0.15, -0.1) is 0 Å². The van der Waals surface area contributed by atoms with E-state index in [1.54, 1.807) is 48.5 Å². The van der Waals surface area contributed by atoms with Crippen molar-refractivity contribution in [2.24, 2.45) is 0 Å². The Bertz CT molecular complexity index is 561. The smallest absolute Gasteiger partial charge is 0.187 e. The summed E-state index contributed by atoms with van der Waals surface area (Å²) in [5, 5.41) is 19.7. The number of rotatable bonds is 2. The van der Waals surface area contributed by atoms with Crippen LogP contribution in [0.4, 0.5) is 17.1 Å². The van der Waals surface area contributed by atoms with Crippen molar-refractivity contribution >= 4 is 17.1 Å². The van der Waals surface area contributed by atoms with E-state index in [1.165, 1.54) is 0 Å². The van der Waals surface area contributed by atoms with Gasteiger partial charge in [0.05, 0.1) is 29.6 Å². The first-order valence-electron chi connectivity index (χ1n) is 5.21. The summed E-state index contributed by atoms with van der Waals surface area (Å²) in [5.41, 5.74) is 2.18. The third-order valence-corrected chi connectivity index (χ3v) is 2.46. The van der Waals surface area contributed by atoms with Crippen LogP contribution in [-0.4, -0.2) is 5.21 Å². The van der Waals surface area contributed by atoms with Crippen LogP contribution in [-0.2, 0) is 0 Å². The lowest BCUT2D eigenvalue weighted by Gasteiger charge is -2.16. The van der Waals surface area contributed by atoms with E-state index in [0.717, 1.165) is 5.06 Å². The maximum absolute atomic E-state index is 9.99. The van der Waals surface area contributed by atoms with Gasteiger partial charge in [-0.2, -0.15) is 5.26 Å². The highest BCUT2D eigenvalue weighted by atomic mass is 16.5. The molecule has 0 heterocycles. The summed E-state index contributed by atoms with van der Waals surface area (Å²) in [4.78, 5) is 3.28. The zero-order valence-electron chi connectivity index (χ0n) is 9.41. The fourth-order valence-electron chi connectivity index (χ4n) is 1.49. The molecule has 1 N–H and O–H groups in total. The maximum atomic E-state index is 9.99. The van der Waals surface area contributed by atoms with Crippen LogP contribution in [0.15, 0.2) is 48.5 Å². The van der Waals surface area contributed by atoms with Gasteiger partial charge in [0.2, 0.25) is 0 Å². The molecule has 0 aliphatic heterocycles. The van der Waals surface area contributed by atoms with Crippen LogP contribution in [0.1, 0.15) is 5.56 Å². The maximum Gasteiger partial charge on any atom is 0.187 e. The van der Waals surface area contributed by atoms with E-state index >= 15 is 0 Å². The summed E-state index contributed by atoms with van der Waals surface area (Å²) in [7, 11) is 0. The van der Waals surface area contributed by atoms with E-state index in [0.29, 0.717) is 22.6 Å². The van der Waals surface area contributed by atoms with Crippen molar-refractivity contribution < 1.29 is 5.21 Å². The molecule has 0 saturated carbocycles. The largest absolute Gasteiger partial charge is 0.284 e. The van der Waals surface area contributed by atoms with Gasteiger partial charge in [0.25, 0.3) is 0 Å². The molecule has 86 valence electrons. The van der Waals surface area contributed by atoms with Crippen molar-refractivity contribution in [1.82, 2.24) is 0 Å². The first kappa shape index (κ1) is 11.7. The van der Waals surface area contributed by atoms with Gasteiger partial charge in [0.1, 0.15) is 0 Å². The highest BCUT2D eigenvalue weighted by molar-refractivity contribution is 5.63. The molecule has 4 heteroatoms. The molecule has 4 nitrogen and oxygen atoms in total. The molecule has 0 bridgehead atoms. The molecule has 0 aromatic heterocycles. The first-order valence-corrected chi connectivity index (χ1v) is 5.21. The zero-order chi connectivity index (χ0) is 13.0. The molecule has 2 rings (SSSR count). The number of anilines is 2. The predicted molar refractivity (Wildman–Crippen MR) is 67.8 cm³/mol. The number of benzene rings is 2. The quantitative estimate of drug-likeness (QED) is 0.638. The number of nitriles is 1. The van der Waals surface area contributed by atoms with Crippen molar-refractivity contribution in [2.75, 3.05) is 5.06 Å². The van der Waals surface area contributed by atoms with Gasteiger partial charge < -0.3 is 0 Å². The Kier molecular flexibility index (Phi) is 3.24. The first-order chi connectivity index (χ1) is 8.74. The normalized spacial score (nSPS) is 9.28. The number of nitrogens with zero attached hydrogens (tertiary/aromatic N) is 3. The molecule has 2 aromatic rings. The van der Waals surface area contributed by atoms with E-state index in [2.05, 4.69) is 4.85 Å². The van der Waals surface area contributed by atoms with Gasteiger partial charge in [0.15, 0.2) is 5.69 Å². The van der Waals surface area contributed by atoms with Crippen LogP contribution in [0.25, 0.3) is 4.85 Å². The lowest BCUT2D eigenvalue weighted by molar-refractivity contribution is 0.301. The van der Waals surface area contributed by atoms with Crippen LogP contribution >= 0.6 is 0 Å². The Morgan fingerprint density at radius 3 is 1.94 bits per heavy atom. The molecule has 0 radical (unpaired) electrons. The molecule has 2 aromatic carbocycles. The molecule has 0 aliphatic carbocycles. The fourth-order valence-corrected chi connectivity index (χ4v) is 1.49. The Morgan fingerprint density at radius 1 is 1.00 bits per heavy atom. The van der Waals surface area contributed by atoms with E-state index < -0.39 is 0 Å². The summed E-state index contributed by atoms with van der Waals surface area (Å²) in [6.45, 7) is 6.85. The molecule has 0 aliphatic rings. The molecule has 18 heavy (non-hydrogen) atoms. The molecule has 0 fully saturated rings. The van der Waals surface area contributed by atoms with Crippen LogP contribution in [0.5, 0.6) is 0 Å². The average molecular weight is 235 g/mol. The molecule has 0 unspecified atom stereocenters. The molecule has 0 amide bonds. The Morgan fingerprint density at radius 2 is 1.50 bits per heavy atom. The van der Waals surface area contributed by atoms with Gasteiger partial charge in [-0.25, -0.2) is 9.91 Å². The summed E-state index contributed by atoms with van der Waals surface area (Å²) in [5.74, 6) is 0. The van der Waals surface area contributed by atoms with Gasteiger partial charge >= 0.3 is 0 Å². The van der Waals surface area contributed by atoms with Crippen molar-refractivity contribution in [3.8, 4) is 6.07 Å². The molecule has 0 spiro atoms. The Labute approximate surface area is 105 Å². The predicted octanol–water partition coefficient (Wildman–Crippen LogP) is 3.64. The standard InChI is InChI=1S/C14H9N3O/c1-16-12-4-8-14(9-5-12)17(18)13-6-2-11(10-15)3-7-13/h2-9,18H. The molecular weight excluding hydrogens is 226 g/mol. The minimum atomic E-state index is 0.520. The Hall–Kier alpha value is -2.82. The monoisotopic (exact) mass is 235 g/mol. The average Bonchev–Trinajstić information content (AvgIpc) is 2.47. The van der Waals surface area contributed by atoms with Gasteiger partial charge in [-0.05, 0) is 36.4 Å². The van der Waals surface area contributed by atoms with Crippen LogP contribution < -0.4 is 5.06 Å². The van der Waals surface area contributed by atoms with Crippen molar-refractivity contribution in [3.05, 3.63) is 65.5 Å². The summed E-state index contributed by atoms with van der Waals surface area (Å²) in [6.07, 6.45) is 0. The van der Waals surface area contributed by atoms with E-state index in [-0.39, 0.29) is 0 Å². The van der Waals surface area contributed by atoms with E-state index in [9.17, 15) is 5.21 Å². The minimum absolute atomic E-state index is 0.520. The van der Waals surface area contributed by atoms with E-state index in [4.69, 9.17) is 11.8 Å². The summed E-state index contributed by atoms with van der Waals surface area (Å²) in [6, 6.07) is 15.2. The van der Waals surface area contributed by atoms with Crippen molar-refractivity contribution in [1.29, 1.82) is 5.26 Å². The number of hydrogen-bond acceptors (Lipinski definition) is 3. The van der Waals surface area contributed by atoms with Crippen LogP contribution in [0.2, 0.25) is 0 Å². The van der Waals surface area contributed by atoms with Crippen LogP contribution in [0, 0.1) is 17.9 Å². The second-order valence-corrected chi connectivity index (χ2v) is 3.60. The molecular formula is C14H9N3O. The third-order valence-electron chi connectivity index (χ3n) is 2.46. The third kappa shape index (κ3) is 2.30. The Balaban J connectivity index is 2.27. The molecule has 0 atom stereocenters. The zero-order valence-corrected chi connectivity index (χ0v) is 9.41. The van der Waals surface area contributed by atoms with Crippen molar-refractivity contribution in [3.63, 3.8) is 0 Å². The lowest BCUT2D eigenvalue weighted by Crippen LogP contribution is -2.09. The summed E-state index contributed by atoms with van der Waals surface area (Å²) < 4.78 is 0. The highest BCUT2D eigenvalue weighted by Gasteiger charge is 2.05. The van der Waals surface area contributed by atoms with Crippen molar-refractivity contribution in [2.45, 2.75) is 0 Å². The van der Waals surface area contributed by atoms with Gasteiger partial charge in [-0.3, -0.25) is 5.21 Å². The van der Waals surface area contributed by atoms with Gasteiger partial charge in [-0.1, -0.05) is 12.1 Å². The lowest BCUT2D eigenvalue weighted by atomic mass is 10.2. The molecule has 0 saturated heterocycles.